The molecule has 5 rings (SSSR count). The van der Waals surface area contributed by atoms with Crippen LogP contribution in [-0.4, -0.2) is 4.32 Å². The minimum atomic E-state index is 0.467. The predicted molar refractivity (Wildman–Crippen MR) is 130 cm³/mol. The summed E-state index contributed by atoms with van der Waals surface area (Å²) in [6.45, 7) is 0. The largest absolute Gasteiger partial charge is 0.341 e. The van der Waals surface area contributed by atoms with Crippen molar-refractivity contribution in [2.24, 2.45) is 0 Å². The van der Waals surface area contributed by atoms with Crippen molar-refractivity contribution in [3.63, 3.8) is 0 Å². The van der Waals surface area contributed by atoms with Crippen LogP contribution in [0.2, 0.25) is 0 Å². The van der Waals surface area contributed by atoms with Gasteiger partial charge in [0, 0.05) is 5.69 Å². The fraction of sp³-hybridized carbons (Fsp3) is 0. The van der Waals surface area contributed by atoms with E-state index in [1.54, 1.807) is 0 Å². The molecular weight excluding hydrogens is 378 g/mol. The normalized spacial score (nSPS) is 11.2. The van der Waals surface area contributed by atoms with Crippen molar-refractivity contribution < 1.29 is 0 Å². The summed E-state index contributed by atoms with van der Waals surface area (Å²) in [7, 11) is 0. The lowest BCUT2D eigenvalue weighted by Gasteiger charge is -2.14. The van der Waals surface area contributed by atoms with E-state index in [4.69, 9.17) is 12.2 Å². The fourth-order valence-electron chi connectivity index (χ4n) is 3.91. The smallest absolute Gasteiger partial charge is 0.135 e. The first-order chi connectivity index (χ1) is 13.7. The van der Waals surface area contributed by atoms with Crippen molar-refractivity contribution in [2.45, 2.75) is 0 Å². The number of fused-ring (bicyclic) bond motifs is 3. The van der Waals surface area contributed by atoms with E-state index in [1.165, 1.54) is 43.4 Å². The number of rotatable bonds is 2. The zero-order chi connectivity index (χ0) is 19.1. The van der Waals surface area contributed by atoms with Gasteiger partial charge < -0.3 is 5.32 Å². The molecule has 1 N–H and O–H groups in total. The van der Waals surface area contributed by atoms with Gasteiger partial charge in [-0.2, -0.15) is 0 Å². The predicted octanol–water partition coefficient (Wildman–Crippen LogP) is 7.44. The van der Waals surface area contributed by atoms with Crippen LogP contribution in [0.4, 0.5) is 5.69 Å². The van der Waals surface area contributed by atoms with Gasteiger partial charge in [-0.25, -0.2) is 0 Å². The van der Waals surface area contributed by atoms with Crippen LogP contribution in [-0.2, 0) is 0 Å². The maximum absolute atomic E-state index is 5.03. The van der Waals surface area contributed by atoms with E-state index >= 15 is 0 Å². The Bertz CT molecular complexity index is 1350. The summed E-state index contributed by atoms with van der Waals surface area (Å²) in [6.07, 6.45) is 0. The van der Waals surface area contributed by atoms with E-state index in [9.17, 15) is 0 Å². The molecule has 5 aromatic carbocycles. The van der Waals surface area contributed by atoms with Crippen LogP contribution in [0.25, 0.3) is 43.4 Å². The molecule has 28 heavy (non-hydrogen) atoms. The molecular formula is C25H17NS2. The molecule has 0 saturated carbocycles. The number of thiocarbonyl (C=S) groups is 1. The number of anilines is 1. The number of benzene rings is 5. The van der Waals surface area contributed by atoms with Crippen molar-refractivity contribution in [3.05, 3.63) is 91.0 Å². The summed E-state index contributed by atoms with van der Waals surface area (Å²) in [5.74, 6) is 0. The van der Waals surface area contributed by atoms with Gasteiger partial charge in [-0.05, 0) is 73.8 Å². The molecule has 0 radical (unpaired) electrons. The number of hydrogen-bond donors (Lipinski definition) is 2. The average molecular weight is 396 g/mol. The Balaban J connectivity index is 1.83. The summed E-state index contributed by atoms with van der Waals surface area (Å²) in [6, 6.07) is 32.4. The average Bonchev–Trinajstić information content (AvgIpc) is 2.71. The first-order valence-corrected chi connectivity index (χ1v) is 9.99. The molecule has 134 valence electrons. The van der Waals surface area contributed by atoms with Crippen molar-refractivity contribution in [1.82, 2.24) is 0 Å². The summed E-state index contributed by atoms with van der Waals surface area (Å²) in [5.41, 5.74) is 3.39. The summed E-state index contributed by atoms with van der Waals surface area (Å²) in [5, 5.41) is 10.6. The highest BCUT2D eigenvalue weighted by Crippen LogP contribution is 2.38. The minimum Gasteiger partial charge on any atom is -0.341 e. The van der Waals surface area contributed by atoms with Crippen LogP contribution in [0.5, 0.6) is 0 Å². The Morgan fingerprint density at radius 3 is 1.96 bits per heavy atom. The van der Waals surface area contributed by atoms with Crippen LogP contribution in [0.1, 0.15) is 0 Å². The van der Waals surface area contributed by atoms with Crippen molar-refractivity contribution in [3.8, 4) is 11.1 Å². The Morgan fingerprint density at radius 2 is 1.25 bits per heavy atom. The van der Waals surface area contributed by atoms with E-state index < -0.39 is 0 Å². The number of hydrogen-bond acceptors (Lipinski definition) is 1. The van der Waals surface area contributed by atoms with E-state index in [0.29, 0.717) is 4.32 Å². The molecule has 5 aromatic rings. The molecule has 0 amide bonds. The van der Waals surface area contributed by atoms with Crippen molar-refractivity contribution in [1.29, 1.82) is 0 Å². The third-order valence-corrected chi connectivity index (χ3v) is 5.37. The van der Waals surface area contributed by atoms with Gasteiger partial charge in [0.15, 0.2) is 0 Å². The minimum absolute atomic E-state index is 0.467. The topological polar surface area (TPSA) is 12.0 Å². The van der Waals surface area contributed by atoms with Gasteiger partial charge in [0.2, 0.25) is 0 Å². The van der Waals surface area contributed by atoms with E-state index in [2.05, 4.69) is 96.8 Å². The molecule has 0 aliphatic rings. The quantitative estimate of drug-likeness (QED) is 0.183. The highest BCUT2D eigenvalue weighted by molar-refractivity contribution is 8.11. The van der Waals surface area contributed by atoms with Gasteiger partial charge in [0.1, 0.15) is 4.32 Å². The van der Waals surface area contributed by atoms with Gasteiger partial charge in [0.05, 0.1) is 0 Å². The first-order valence-electron chi connectivity index (χ1n) is 9.14. The lowest BCUT2D eigenvalue weighted by molar-refractivity contribution is 1.65. The third-order valence-electron chi connectivity index (χ3n) is 5.15. The van der Waals surface area contributed by atoms with Gasteiger partial charge in [0.25, 0.3) is 0 Å². The fourth-order valence-corrected chi connectivity index (χ4v) is 4.16. The Morgan fingerprint density at radius 1 is 0.643 bits per heavy atom. The van der Waals surface area contributed by atoms with E-state index in [-0.39, 0.29) is 0 Å². The van der Waals surface area contributed by atoms with Gasteiger partial charge in [-0.3, -0.25) is 0 Å². The van der Waals surface area contributed by atoms with Gasteiger partial charge >= 0.3 is 0 Å². The SMILES string of the molecule is S=C(S)Nc1ccc(-c2c3ccccc3cc3cc4ccccc4cc23)cc1. The summed E-state index contributed by atoms with van der Waals surface area (Å²) >= 11 is 9.18. The zero-order valence-corrected chi connectivity index (χ0v) is 16.7. The number of nitrogens with one attached hydrogen (secondary N) is 1. The Hall–Kier alpha value is -2.88. The Kier molecular flexibility index (Phi) is 4.27. The molecule has 0 aliphatic carbocycles. The molecule has 0 atom stereocenters. The van der Waals surface area contributed by atoms with Crippen LogP contribution in [0.3, 0.4) is 0 Å². The third kappa shape index (κ3) is 3.03. The van der Waals surface area contributed by atoms with Crippen LogP contribution >= 0.6 is 24.8 Å². The second-order valence-corrected chi connectivity index (χ2v) is 8.06. The van der Waals surface area contributed by atoms with Crippen molar-refractivity contribution >= 4 is 67.2 Å². The van der Waals surface area contributed by atoms with E-state index in [0.717, 1.165) is 5.69 Å². The molecule has 0 unspecified atom stereocenters. The lowest BCUT2D eigenvalue weighted by Crippen LogP contribution is -2.00. The lowest BCUT2D eigenvalue weighted by atomic mass is 9.90. The molecule has 3 heteroatoms. The van der Waals surface area contributed by atoms with Crippen LogP contribution in [0.15, 0.2) is 91.0 Å². The maximum atomic E-state index is 5.03. The molecule has 0 aliphatic heterocycles. The molecule has 0 heterocycles. The summed E-state index contributed by atoms with van der Waals surface area (Å²) < 4.78 is 0.467. The molecule has 0 aromatic heterocycles. The first kappa shape index (κ1) is 17.2. The van der Waals surface area contributed by atoms with Gasteiger partial charge in [-0.15, -0.1) is 12.6 Å². The van der Waals surface area contributed by atoms with Crippen LogP contribution < -0.4 is 5.32 Å². The van der Waals surface area contributed by atoms with Gasteiger partial charge in [-0.1, -0.05) is 72.9 Å². The monoisotopic (exact) mass is 395 g/mol. The standard InChI is InChI=1S/C25H17NS2/c27-25(28)26-21-11-9-16(10-12-21)24-22-8-4-3-7-19(22)14-20-13-17-5-1-2-6-18(17)15-23(20)24/h1-15H,(H2,26,27,28). The second-order valence-electron chi connectivity index (χ2n) is 6.90. The van der Waals surface area contributed by atoms with Crippen LogP contribution in [0, 0.1) is 0 Å². The van der Waals surface area contributed by atoms with E-state index in [1.807, 2.05) is 12.1 Å². The van der Waals surface area contributed by atoms with Crippen molar-refractivity contribution in [2.75, 3.05) is 5.32 Å². The number of thiol groups is 1. The molecule has 0 bridgehead atoms. The highest BCUT2D eigenvalue weighted by Gasteiger charge is 2.11. The molecule has 0 saturated heterocycles. The molecule has 1 nitrogen and oxygen atoms in total. The Labute approximate surface area is 174 Å². The maximum Gasteiger partial charge on any atom is 0.135 e. The second kappa shape index (κ2) is 6.93. The zero-order valence-electron chi connectivity index (χ0n) is 15.0. The molecule has 0 fully saturated rings. The highest BCUT2D eigenvalue weighted by atomic mass is 32.1. The summed E-state index contributed by atoms with van der Waals surface area (Å²) in [4.78, 5) is 0. The molecule has 0 spiro atoms.